The molecule has 0 aliphatic heterocycles. The third-order valence-corrected chi connectivity index (χ3v) is 2.61. The minimum absolute atomic E-state index is 0. The van der Waals surface area contributed by atoms with Crippen molar-refractivity contribution in [2.75, 3.05) is 0 Å². The Balaban J connectivity index is 0.000000720. The molecule has 0 aromatic heterocycles. The van der Waals surface area contributed by atoms with Crippen molar-refractivity contribution in [1.29, 1.82) is 0 Å². The second-order valence-corrected chi connectivity index (χ2v) is 3.98. The van der Waals surface area contributed by atoms with E-state index in [4.69, 9.17) is 5.73 Å². The first-order chi connectivity index (χ1) is 5.27. The van der Waals surface area contributed by atoms with E-state index in [9.17, 15) is 0 Å². The first kappa shape index (κ1) is 10.0. The highest BCUT2D eigenvalue weighted by molar-refractivity contribution is 9.10. The van der Waals surface area contributed by atoms with E-state index in [2.05, 4.69) is 34.1 Å². The molecule has 66 valence electrons. The van der Waals surface area contributed by atoms with Gasteiger partial charge < -0.3 is 5.73 Å². The summed E-state index contributed by atoms with van der Waals surface area (Å²) in [4.78, 5) is 0. The second-order valence-electron chi connectivity index (χ2n) is 3.06. The third kappa shape index (κ3) is 2.00. The first-order valence-corrected chi connectivity index (χ1v) is 4.58. The lowest BCUT2D eigenvalue weighted by Crippen LogP contribution is -2.00. The predicted molar refractivity (Wildman–Crippen MR) is 56.7 cm³/mol. The minimum atomic E-state index is 0. The Labute approximate surface area is 86.9 Å². The van der Waals surface area contributed by atoms with Crippen LogP contribution in [0.15, 0.2) is 28.7 Å². The van der Waals surface area contributed by atoms with Gasteiger partial charge in [0.15, 0.2) is 0 Å². The van der Waals surface area contributed by atoms with Crippen LogP contribution in [0.3, 0.4) is 0 Å². The lowest BCUT2D eigenvalue weighted by molar-refractivity contribution is 0.989. The van der Waals surface area contributed by atoms with Crippen LogP contribution in [0, 0.1) is 0 Å². The van der Waals surface area contributed by atoms with E-state index in [-0.39, 0.29) is 12.4 Å². The molecule has 0 saturated heterocycles. The van der Waals surface area contributed by atoms with Crippen molar-refractivity contribution < 1.29 is 0 Å². The van der Waals surface area contributed by atoms with Crippen LogP contribution in [0.1, 0.15) is 17.9 Å². The van der Waals surface area contributed by atoms with Gasteiger partial charge in [-0.05, 0) is 24.1 Å². The summed E-state index contributed by atoms with van der Waals surface area (Å²) < 4.78 is 1.15. The fourth-order valence-corrected chi connectivity index (χ4v) is 1.75. The Morgan fingerprint density at radius 2 is 2.08 bits per heavy atom. The summed E-state index contributed by atoms with van der Waals surface area (Å²) in [5.74, 6) is 0.618. The van der Waals surface area contributed by atoms with E-state index in [0.29, 0.717) is 12.0 Å². The topological polar surface area (TPSA) is 26.0 Å². The van der Waals surface area contributed by atoms with Crippen LogP contribution in [0.5, 0.6) is 0 Å². The van der Waals surface area contributed by atoms with E-state index in [1.165, 1.54) is 5.56 Å². The summed E-state index contributed by atoms with van der Waals surface area (Å²) in [6.45, 7) is 0. The molecule has 0 heterocycles. The second kappa shape index (κ2) is 3.77. The summed E-state index contributed by atoms with van der Waals surface area (Å²) in [7, 11) is 0. The van der Waals surface area contributed by atoms with Gasteiger partial charge in [0.05, 0.1) is 0 Å². The fourth-order valence-electron chi connectivity index (χ4n) is 1.34. The van der Waals surface area contributed by atoms with Crippen molar-refractivity contribution in [2.24, 2.45) is 5.73 Å². The van der Waals surface area contributed by atoms with Gasteiger partial charge >= 0.3 is 0 Å². The van der Waals surface area contributed by atoms with Crippen LogP contribution in [0.4, 0.5) is 0 Å². The molecule has 0 spiro atoms. The monoisotopic (exact) mass is 247 g/mol. The highest BCUT2D eigenvalue weighted by Gasteiger charge is 2.34. The number of hydrogen-bond donors (Lipinski definition) is 1. The zero-order valence-electron chi connectivity index (χ0n) is 6.53. The zero-order valence-corrected chi connectivity index (χ0v) is 8.94. The Morgan fingerprint density at radius 1 is 1.42 bits per heavy atom. The molecule has 2 N–H and O–H groups in total. The van der Waals surface area contributed by atoms with Crippen LogP contribution < -0.4 is 5.73 Å². The molecule has 0 amide bonds. The maximum absolute atomic E-state index is 5.73. The number of hydrogen-bond acceptors (Lipinski definition) is 1. The molecular weight excluding hydrogens is 237 g/mol. The van der Waals surface area contributed by atoms with Gasteiger partial charge in [-0.2, -0.15) is 0 Å². The molecule has 12 heavy (non-hydrogen) atoms. The lowest BCUT2D eigenvalue weighted by atomic mass is 10.1. The highest BCUT2D eigenvalue weighted by Crippen LogP contribution is 2.39. The van der Waals surface area contributed by atoms with Gasteiger partial charge in [0.1, 0.15) is 0 Å². The van der Waals surface area contributed by atoms with Crippen molar-refractivity contribution in [3.63, 3.8) is 0 Å². The largest absolute Gasteiger partial charge is 0.327 e. The van der Waals surface area contributed by atoms with Crippen molar-refractivity contribution in [3.05, 3.63) is 34.3 Å². The SMILES string of the molecule is Cl.N[C@@H]1C[C@H]1c1cccc(Br)c1. The normalized spacial score (nSPS) is 26.2. The predicted octanol–water partition coefficient (Wildman–Crippen LogP) is 2.69. The molecule has 2 atom stereocenters. The molecular formula is C9H11BrClN. The Hall–Kier alpha value is -0.0500. The summed E-state index contributed by atoms with van der Waals surface area (Å²) in [5.41, 5.74) is 7.10. The number of nitrogens with two attached hydrogens (primary N) is 1. The molecule has 2 rings (SSSR count). The molecule has 1 aliphatic rings. The van der Waals surface area contributed by atoms with E-state index in [1.54, 1.807) is 0 Å². The molecule has 1 nitrogen and oxygen atoms in total. The van der Waals surface area contributed by atoms with Gasteiger partial charge in [-0.3, -0.25) is 0 Å². The van der Waals surface area contributed by atoms with Gasteiger partial charge in [0.2, 0.25) is 0 Å². The zero-order chi connectivity index (χ0) is 7.84. The van der Waals surface area contributed by atoms with Gasteiger partial charge in [-0.1, -0.05) is 28.1 Å². The van der Waals surface area contributed by atoms with Crippen LogP contribution >= 0.6 is 28.3 Å². The third-order valence-electron chi connectivity index (χ3n) is 2.12. The Kier molecular flexibility index (Phi) is 3.16. The maximum Gasteiger partial charge on any atom is 0.0178 e. The summed E-state index contributed by atoms with van der Waals surface area (Å²) in [6.07, 6.45) is 1.15. The summed E-state index contributed by atoms with van der Waals surface area (Å²) in [6, 6.07) is 8.80. The summed E-state index contributed by atoms with van der Waals surface area (Å²) >= 11 is 3.44. The van der Waals surface area contributed by atoms with Crippen molar-refractivity contribution >= 4 is 28.3 Å². The lowest BCUT2D eigenvalue weighted by Gasteiger charge is -1.97. The molecule has 1 fully saturated rings. The van der Waals surface area contributed by atoms with Gasteiger partial charge in [0.25, 0.3) is 0 Å². The Morgan fingerprint density at radius 3 is 2.58 bits per heavy atom. The molecule has 1 aromatic carbocycles. The molecule has 1 saturated carbocycles. The quantitative estimate of drug-likeness (QED) is 0.812. The molecule has 1 aliphatic carbocycles. The number of halogens is 2. The smallest absolute Gasteiger partial charge is 0.0178 e. The molecule has 1 aromatic rings. The fraction of sp³-hybridized carbons (Fsp3) is 0.333. The van der Waals surface area contributed by atoms with E-state index >= 15 is 0 Å². The van der Waals surface area contributed by atoms with Gasteiger partial charge in [-0.25, -0.2) is 0 Å². The minimum Gasteiger partial charge on any atom is -0.327 e. The van der Waals surface area contributed by atoms with Crippen LogP contribution in [-0.2, 0) is 0 Å². The van der Waals surface area contributed by atoms with Crippen LogP contribution in [-0.4, -0.2) is 6.04 Å². The van der Waals surface area contributed by atoms with Crippen molar-refractivity contribution in [3.8, 4) is 0 Å². The van der Waals surface area contributed by atoms with Crippen molar-refractivity contribution in [2.45, 2.75) is 18.4 Å². The summed E-state index contributed by atoms with van der Waals surface area (Å²) in [5, 5.41) is 0. The number of benzene rings is 1. The average molecular weight is 249 g/mol. The number of rotatable bonds is 1. The maximum atomic E-state index is 5.73. The van der Waals surface area contributed by atoms with E-state index < -0.39 is 0 Å². The molecule has 0 bridgehead atoms. The Bertz CT molecular complexity index is 277. The van der Waals surface area contributed by atoms with Gasteiger partial charge in [-0.15, -0.1) is 12.4 Å². The highest BCUT2D eigenvalue weighted by atomic mass is 79.9. The van der Waals surface area contributed by atoms with Gasteiger partial charge in [0, 0.05) is 16.4 Å². The average Bonchev–Trinajstić information content (AvgIpc) is 2.67. The molecule has 0 radical (unpaired) electrons. The van der Waals surface area contributed by atoms with Crippen LogP contribution in [0.2, 0.25) is 0 Å². The molecule has 0 unspecified atom stereocenters. The van der Waals surface area contributed by atoms with E-state index in [1.807, 2.05) is 6.07 Å². The van der Waals surface area contributed by atoms with Crippen LogP contribution in [0.25, 0.3) is 0 Å². The first-order valence-electron chi connectivity index (χ1n) is 3.78. The molecule has 3 heteroatoms. The van der Waals surface area contributed by atoms with Crippen molar-refractivity contribution in [1.82, 2.24) is 0 Å². The van der Waals surface area contributed by atoms with E-state index in [0.717, 1.165) is 10.9 Å². The standard InChI is InChI=1S/C9H10BrN.ClH/c10-7-3-1-2-6(4-7)8-5-9(8)11;/h1-4,8-9H,5,11H2;1H/t8-,9+;/m0./s1.